The molecule has 0 radical (unpaired) electrons. The number of para-hydroxylation sites is 4. The second-order valence-corrected chi connectivity index (χ2v) is 30.7. The van der Waals surface area contributed by atoms with Crippen molar-refractivity contribution in [3.05, 3.63) is 406 Å². The van der Waals surface area contributed by atoms with E-state index >= 15 is 0 Å². The van der Waals surface area contributed by atoms with Gasteiger partial charge in [-0.1, -0.05) is 324 Å². The van der Waals surface area contributed by atoms with Crippen molar-refractivity contribution >= 4 is 101 Å². The lowest BCUT2D eigenvalue weighted by molar-refractivity contribution is 0.590. The molecule has 2 aliphatic heterocycles. The minimum absolute atomic E-state index is 0.251. The lowest BCUT2D eigenvalue weighted by atomic mass is 9.33. The number of fused-ring (bicyclic) bond motifs is 10. The minimum Gasteiger partial charge on any atom is -0.310 e. The first-order valence-electron chi connectivity index (χ1n) is 38.7. The predicted octanol–water partition coefficient (Wildman–Crippen LogP) is 26.6. The molecule has 4 nitrogen and oxygen atoms in total. The summed E-state index contributed by atoms with van der Waals surface area (Å²) in [7, 11) is 0. The van der Waals surface area contributed by atoms with Gasteiger partial charge < -0.3 is 18.9 Å². The van der Waals surface area contributed by atoms with E-state index in [0.29, 0.717) is 0 Å². The van der Waals surface area contributed by atoms with Crippen LogP contribution in [-0.2, 0) is 5.41 Å². The zero-order valence-electron chi connectivity index (χ0n) is 62.0. The van der Waals surface area contributed by atoms with E-state index in [1.807, 2.05) is 0 Å². The maximum Gasteiger partial charge on any atom is 0.252 e. The van der Waals surface area contributed by atoms with Crippen LogP contribution >= 0.6 is 0 Å². The molecule has 21 rings (SSSR count). The second kappa shape index (κ2) is 26.4. The summed E-state index contributed by atoms with van der Waals surface area (Å²) in [4.78, 5) is 5.40. The lowest BCUT2D eigenvalue weighted by Gasteiger charge is -2.46. The van der Waals surface area contributed by atoms with Gasteiger partial charge in [-0.3, -0.25) is 0 Å². The summed E-state index contributed by atoms with van der Waals surface area (Å²) in [5.74, 6) is 0. The Morgan fingerprint density at radius 1 is 0.216 bits per heavy atom. The fourth-order valence-corrected chi connectivity index (χ4v) is 18.0. The average molecular weight is 1420 g/mol. The molecule has 17 aromatic carbocycles. The normalized spacial score (nSPS) is 12.4. The molecule has 4 heterocycles. The van der Waals surface area contributed by atoms with Crippen LogP contribution in [0.5, 0.6) is 0 Å². The monoisotopic (exact) mass is 1410 g/mol. The molecule has 0 amide bonds. The fourth-order valence-electron chi connectivity index (χ4n) is 18.0. The van der Waals surface area contributed by atoms with Crippen molar-refractivity contribution in [2.45, 2.75) is 26.2 Å². The standard InChI is InChI=1S/C106H75BN4/c1-106(2,3)82-68-101-103-102(69-82)111(105-91(74-40-20-8-21-41-74)62-81(63-92(105)75-42-22-9-23-43-75)79-53-57-88-86-49-29-31-51-96(86)109(100(88)67-79)84-46-26-11-27-47-84)98-59-55-77(71-34-14-5-15-35-71)65-94(98)107(103)93-64-76(70-32-12-4-13-33-70)54-58-97(93)110(101)104-89(72-36-16-6-17-37-72)60-80(61-90(104)73-38-18-7-19-39-73)78-52-56-87-85-48-28-30-50-95(85)108(99(87)66-78)83-44-24-10-25-45-83/h4-69H,1-3H3. The summed E-state index contributed by atoms with van der Waals surface area (Å²) in [5, 5.41) is 4.89. The molecule has 19 aromatic rings. The topological polar surface area (TPSA) is 16.3 Å². The molecule has 0 unspecified atom stereocenters. The van der Waals surface area contributed by atoms with Gasteiger partial charge in [0.15, 0.2) is 0 Å². The molecule has 2 aromatic heterocycles. The Labute approximate surface area is 648 Å². The van der Waals surface area contributed by atoms with Gasteiger partial charge in [-0.2, -0.15) is 0 Å². The molecule has 0 spiro atoms. The summed E-state index contributed by atoms with van der Waals surface area (Å²) in [6.07, 6.45) is 0. The molecule has 111 heavy (non-hydrogen) atoms. The minimum atomic E-state index is -0.336. The third kappa shape index (κ3) is 11.0. The van der Waals surface area contributed by atoms with Gasteiger partial charge in [0, 0.05) is 77.9 Å². The lowest BCUT2D eigenvalue weighted by Crippen LogP contribution is -2.61. The van der Waals surface area contributed by atoms with Crippen molar-refractivity contribution in [3.63, 3.8) is 0 Å². The van der Waals surface area contributed by atoms with E-state index in [1.165, 1.54) is 65.7 Å². The van der Waals surface area contributed by atoms with Gasteiger partial charge in [0.25, 0.3) is 6.71 Å². The van der Waals surface area contributed by atoms with Gasteiger partial charge in [-0.15, -0.1) is 0 Å². The Bertz CT molecular complexity index is 6300. The number of aromatic nitrogens is 2. The third-order valence-electron chi connectivity index (χ3n) is 23.2. The zero-order chi connectivity index (χ0) is 73.8. The SMILES string of the molecule is CC(C)(C)c1cc2c3c(c1)N(c1c(-c4ccccc4)cc(-c4ccc5c6ccccc6n(-c6ccccc6)c5c4)cc1-c1ccccc1)c1ccc(-c4ccccc4)cc1B3c1cc(-c3ccccc3)ccc1N2c1c(-c2ccccc2)cc(-c2ccc3c4ccccc4n(-c4ccccc4)c3c2)cc1-c1ccccc1. The highest BCUT2D eigenvalue weighted by Gasteiger charge is 2.46. The van der Waals surface area contributed by atoms with Crippen LogP contribution in [0.3, 0.4) is 0 Å². The second-order valence-electron chi connectivity index (χ2n) is 30.7. The molecule has 0 N–H and O–H groups in total. The highest BCUT2D eigenvalue weighted by molar-refractivity contribution is 7.00. The van der Waals surface area contributed by atoms with Crippen molar-refractivity contribution in [3.8, 4) is 100 Å². The van der Waals surface area contributed by atoms with Crippen LogP contribution in [-0.4, -0.2) is 15.8 Å². The highest BCUT2D eigenvalue weighted by Crippen LogP contribution is 2.56. The van der Waals surface area contributed by atoms with E-state index in [2.05, 4.69) is 440 Å². The maximum atomic E-state index is 2.70. The highest BCUT2D eigenvalue weighted by atomic mass is 15.2. The smallest absolute Gasteiger partial charge is 0.252 e. The molecule has 0 saturated heterocycles. The van der Waals surface area contributed by atoms with E-state index in [0.717, 1.165) is 134 Å². The summed E-state index contributed by atoms with van der Waals surface area (Å²) in [5.41, 5.74) is 36.4. The third-order valence-corrected chi connectivity index (χ3v) is 23.2. The zero-order valence-corrected chi connectivity index (χ0v) is 62.0. The maximum absolute atomic E-state index is 2.70. The van der Waals surface area contributed by atoms with Crippen molar-refractivity contribution in [2.24, 2.45) is 0 Å². The molecule has 2 aliphatic rings. The molecular formula is C106H75BN4. The summed E-state index contributed by atoms with van der Waals surface area (Å²) in [6, 6.07) is 150. The number of rotatable bonds is 12. The largest absolute Gasteiger partial charge is 0.310 e. The first kappa shape index (κ1) is 65.3. The number of nitrogens with zero attached hydrogens (tertiary/aromatic N) is 4. The Hall–Kier alpha value is -14.0. The van der Waals surface area contributed by atoms with Crippen LogP contribution in [0.2, 0.25) is 0 Å². The van der Waals surface area contributed by atoms with Crippen LogP contribution in [0.25, 0.3) is 144 Å². The first-order chi connectivity index (χ1) is 54.7. The number of anilines is 6. The molecule has 5 heteroatoms. The molecule has 522 valence electrons. The van der Waals surface area contributed by atoms with Crippen LogP contribution in [0.4, 0.5) is 34.1 Å². The van der Waals surface area contributed by atoms with Crippen molar-refractivity contribution in [1.82, 2.24) is 9.13 Å². The van der Waals surface area contributed by atoms with Gasteiger partial charge in [0.2, 0.25) is 0 Å². The Kier molecular flexibility index (Phi) is 15.6. The molecule has 0 saturated carbocycles. The van der Waals surface area contributed by atoms with Crippen LogP contribution in [0, 0.1) is 0 Å². The number of hydrogen-bond acceptors (Lipinski definition) is 2. The van der Waals surface area contributed by atoms with E-state index in [4.69, 9.17) is 0 Å². The Morgan fingerprint density at radius 3 is 0.847 bits per heavy atom. The summed E-state index contributed by atoms with van der Waals surface area (Å²) < 4.78 is 4.87. The van der Waals surface area contributed by atoms with Crippen LogP contribution < -0.4 is 26.2 Å². The van der Waals surface area contributed by atoms with Gasteiger partial charge in [-0.05, 0) is 191 Å². The van der Waals surface area contributed by atoms with Crippen LogP contribution in [0.15, 0.2) is 400 Å². The molecule has 0 fully saturated rings. The van der Waals surface area contributed by atoms with Gasteiger partial charge in [0.1, 0.15) is 0 Å². The molecule has 0 atom stereocenters. The fraction of sp³-hybridized carbons (Fsp3) is 0.0377. The van der Waals surface area contributed by atoms with E-state index in [1.54, 1.807) is 0 Å². The van der Waals surface area contributed by atoms with Crippen molar-refractivity contribution < 1.29 is 0 Å². The number of benzene rings is 17. The Balaban J connectivity index is 0.884. The van der Waals surface area contributed by atoms with Crippen LogP contribution in [0.1, 0.15) is 26.3 Å². The van der Waals surface area contributed by atoms with E-state index < -0.39 is 0 Å². The van der Waals surface area contributed by atoms with Gasteiger partial charge >= 0.3 is 0 Å². The van der Waals surface area contributed by atoms with E-state index in [9.17, 15) is 0 Å². The average Bonchev–Trinajstić information content (AvgIpc) is 1.32. The molecule has 0 aliphatic carbocycles. The predicted molar refractivity (Wildman–Crippen MR) is 471 cm³/mol. The van der Waals surface area contributed by atoms with Gasteiger partial charge in [-0.25, -0.2) is 0 Å². The number of hydrogen-bond donors (Lipinski definition) is 0. The van der Waals surface area contributed by atoms with E-state index in [-0.39, 0.29) is 12.1 Å². The van der Waals surface area contributed by atoms with Crippen molar-refractivity contribution in [1.29, 1.82) is 0 Å². The molecular weight excluding hydrogens is 1340 g/mol. The first-order valence-corrected chi connectivity index (χ1v) is 38.7. The Morgan fingerprint density at radius 2 is 0.505 bits per heavy atom. The van der Waals surface area contributed by atoms with Crippen molar-refractivity contribution in [2.75, 3.05) is 9.80 Å². The summed E-state index contributed by atoms with van der Waals surface area (Å²) >= 11 is 0. The quantitative estimate of drug-likeness (QED) is 0.113. The molecule has 0 bridgehead atoms. The summed E-state index contributed by atoms with van der Waals surface area (Å²) in [6.45, 7) is 6.92. The van der Waals surface area contributed by atoms with Gasteiger partial charge in [0.05, 0.1) is 33.4 Å².